The highest BCUT2D eigenvalue weighted by Crippen LogP contribution is 2.37. The van der Waals surface area contributed by atoms with E-state index in [0.29, 0.717) is 12.1 Å². The number of fused-ring (bicyclic) bond motifs is 1. The van der Waals surface area contributed by atoms with Gasteiger partial charge in [0.25, 0.3) is 5.91 Å². The maximum atomic E-state index is 12.2. The summed E-state index contributed by atoms with van der Waals surface area (Å²) >= 11 is 0. The Kier molecular flexibility index (Phi) is 3.43. The van der Waals surface area contributed by atoms with E-state index < -0.39 is 0 Å². The fraction of sp³-hybridized carbons (Fsp3) is 0.588. The molecule has 1 N–H and O–H groups in total. The molecule has 3 fully saturated rings. The molecular weight excluding hydrogens is 264 g/mol. The van der Waals surface area contributed by atoms with Crippen molar-refractivity contribution in [2.45, 2.75) is 37.5 Å². The van der Waals surface area contributed by atoms with E-state index in [1.165, 1.54) is 12.8 Å². The molecule has 1 amide bonds. The summed E-state index contributed by atoms with van der Waals surface area (Å²) in [5.41, 5.74) is 0.745. The Morgan fingerprint density at radius 2 is 2.00 bits per heavy atom. The van der Waals surface area contributed by atoms with Crippen LogP contribution in [0.15, 0.2) is 30.3 Å². The van der Waals surface area contributed by atoms with E-state index in [9.17, 15) is 4.79 Å². The van der Waals surface area contributed by atoms with Gasteiger partial charge in [-0.25, -0.2) is 0 Å². The van der Waals surface area contributed by atoms with Crippen LogP contribution in [0.4, 0.5) is 0 Å². The summed E-state index contributed by atoms with van der Waals surface area (Å²) < 4.78 is 6.00. The van der Waals surface area contributed by atoms with Gasteiger partial charge in [0, 0.05) is 30.7 Å². The van der Waals surface area contributed by atoms with Crippen LogP contribution in [-0.2, 0) is 4.74 Å². The van der Waals surface area contributed by atoms with Gasteiger partial charge in [-0.05, 0) is 37.3 Å². The Morgan fingerprint density at radius 3 is 2.76 bits per heavy atom. The van der Waals surface area contributed by atoms with Crippen LogP contribution in [0.25, 0.3) is 0 Å². The van der Waals surface area contributed by atoms with Gasteiger partial charge in [-0.15, -0.1) is 0 Å². The number of nitrogens with one attached hydrogen (secondary N) is 1. The molecule has 1 aromatic carbocycles. The van der Waals surface area contributed by atoms with Crippen molar-refractivity contribution in [2.24, 2.45) is 5.92 Å². The summed E-state index contributed by atoms with van der Waals surface area (Å²) in [7, 11) is 0. The highest BCUT2D eigenvalue weighted by Gasteiger charge is 2.42. The second kappa shape index (κ2) is 5.43. The summed E-state index contributed by atoms with van der Waals surface area (Å²) in [5, 5.41) is 3.18. The summed E-state index contributed by atoms with van der Waals surface area (Å²) in [6, 6.07) is 10.2. The number of hydrogen-bond donors (Lipinski definition) is 1. The van der Waals surface area contributed by atoms with E-state index in [4.69, 9.17) is 4.74 Å². The van der Waals surface area contributed by atoms with Gasteiger partial charge in [0.15, 0.2) is 0 Å². The van der Waals surface area contributed by atoms with Gasteiger partial charge in [-0.2, -0.15) is 0 Å². The van der Waals surface area contributed by atoms with Crippen LogP contribution in [0, 0.1) is 5.92 Å². The molecule has 112 valence electrons. The molecular formula is C17H22N2O2. The number of ether oxygens (including phenoxy) is 1. The largest absolute Gasteiger partial charge is 0.375 e. The van der Waals surface area contributed by atoms with Gasteiger partial charge in [0.1, 0.15) is 0 Å². The lowest BCUT2D eigenvalue weighted by molar-refractivity contribution is -0.0581. The summed E-state index contributed by atoms with van der Waals surface area (Å²) in [6.45, 7) is 2.85. The molecule has 1 aromatic rings. The maximum absolute atomic E-state index is 12.2. The first-order valence-corrected chi connectivity index (χ1v) is 8.01. The van der Waals surface area contributed by atoms with Crippen molar-refractivity contribution in [3.63, 3.8) is 0 Å². The molecule has 2 heterocycles. The highest BCUT2D eigenvalue weighted by molar-refractivity contribution is 5.94. The topological polar surface area (TPSA) is 41.6 Å². The molecule has 0 radical (unpaired) electrons. The Balaban J connectivity index is 1.35. The number of hydrogen-bond acceptors (Lipinski definition) is 3. The zero-order chi connectivity index (χ0) is 14.2. The van der Waals surface area contributed by atoms with Crippen molar-refractivity contribution < 1.29 is 9.53 Å². The van der Waals surface area contributed by atoms with E-state index in [1.54, 1.807) is 0 Å². The van der Waals surface area contributed by atoms with Crippen molar-refractivity contribution >= 4 is 5.91 Å². The van der Waals surface area contributed by atoms with Crippen LogP contribution < -0.4 is 5.32 Å². The predicted octanol–water partition coefficient (Wildman–Crippen LogP) is 1.67. The molecule has 2 aliphatic heterocycles. The first kappa shape index (κ1) is 13.3. The molecule has 0 bridgehead atoms. The molecule has 4 heteroatoms. The van der Waals surface area contributed by atoms with Crippen molar-refractivity contribution in [2.75, 3.05) is 19.7 Å². The minimum atomic E-state index is 0.0418. The van der Waals surface area contributed by atoms with Crippen LogP contribution >= 0.6 is 0 Å². The second-order valence-electron chi connectivity index (χ2n) is 6.59. The number of benzene rings is 1. The second-order valence-corrected chi connectivity index (χ2v) is 6.59. The first-order chi connectivity index (χ1) is 10.3. The lowest BCUT2D eigenvalue weighted by Gasteiger charge is -2.35. The SMILES string of the molecule is O=C(N[C@@H]1C[C@H]2CO[C@@H](C3CC3)CN2C1)c1ccccc1. The van der Waals surface area contributed by atoms with Gasteiger partial charge in [0.2, 0.25) is 0 Å². The van der Waals surface area contributed by atoms with E-state index in [0.717, 1.165) is 37.6 Å². The molecule has 0 spiro atoms. The number of amides is 1. The Morgan fingerprint density at radius 1 is 1.19 bits per heavy atom. The normalized spacial score (nSPS) is 32.7. The third-order valence-electron chi connectivity index (χ3n) is 4.96. The highest BCUT2D eigenvalue weighted by atomic mass is 16.5. The fourth-order valence-corrected chi connectivity index (χ4v) is 3.62. The van der Waals surface area contributed by atoms with Gasteiger partial charge < -0.3 is 10.1 Å². The van der Waals surface area contributed by atoms with E-state index in [-0.39, 0.29) is 11.9 Å². The number of nitrogens with zero attached hydrogens (tertiary/aromatic N) is 1. The molecule has 0 aromatic heterocycles. The Hall–Kier alpha value is -1.39. The molecule has 4 rings (SSSR count). The zero-order valence-electron chi connectivity index (χ0n) is 12.2. The Bertz CT molecular complexity index is 515. The maximum Gasteiger partial charge on any atom is 0.251 e. The van der Waals surface area contributed by atoms with E-state index in [2.05, 4.69) is 10.2 Å². The van der Waals surface area contributed by atoms with Gasteiger partial charge in [-0.3, -0.25) is 9.69 Å². The quantitative estimate of drug-likeness (QED) is 0.919. The average molecular weight is 286 g/mol. The summed E-state index contributed by atoms with van der Waals surface area (Å²) in [5.74, 6) is 0.837. The fourth-order valence-electron chi connectivity index (χ4n) is 3.62. The van der Waals surface area contributed by atoms with Crippen molar-refractivity contribution in [3.05, 3.63) is 35.9 Å². The van der Waals surface area contributed by atoms with Crippen molar-refractivity contribution in [1.29, 1.82) is 0 Å². The molecule has 3 aliphatic rings. The van der Waals surface area contributed by atoms with Crippen LogP contribution in [0.1, 0.15) is 29.6 Å². The van der Waals surface area contributed by atoms with Crippen molar-refractivity contribution in [1.82, 2.24) is 10.2 Å². The molecule has 4 nitrogen and oxygen atoms in total. The standard InChI is InChI=1S/C17H22N2O2/c20-17(13-4-2-1-3-5-13)18-14-8-15-11-21-16(12-6-7-12)10-19(15)9-14/h1-5,12,14-16H,6-11H2,(H,18,20)/t14-,15+,16-/m1/s1. The number of rotatable bonds is 3. The Labute approximate surface area is 125 Å². The number of carbonyl (C=O) groups is 1. The third kappa shape index (κ3) is 2.83. The predicted molar refractivity (Wildman–Crippen MR) is 80.1 cm³/mol. The minimum absolute atomic E-state index is 0.0418. The molecule has 1 saturated carbocycles. The van der Waals surface area contributed by atoms with Gasteiger partial charge in [-0.1, -0.05) is 18.2 Å². The number of carbonyl (C=O) groups excluding carboxylic acids is 1. The zero-order valence-corrected chi connectivity index (χ0v) is 12.2. The summed E-state index contributed by atoms with van der Waals surface area (Å²) in [6.07, 6.45) is 4.11. The van der Waals surface area contributed by atoms with Crippen LogP contribution in [0.5, 0.6) is 0 Å². The van der Waals surface area contributed by atoms with Crippen LogP contribution in [-0.4, -0.2) is 48.7 Å². The molecule has 21 heavy (non-hydrogen) atoms. The lowest BCUT2D eigenvalue weighted by atomic mass is 10.1. The first-order valence-electron chi connectivity index (χ1n) is 8.01. The third-order valence-corrected chi connectivity index (χ3v) is 4.96. The van der Waals surface area contributed by atoms with Crippen molar-refractivity contribution in [3.8, 4) is 0 Å². The smallest absolute Gasteiger partial charge is 0.251 e. The lowest BCUT2D eigenvalue weighted by Crippen LogP contribution is -2.47. The monoisotopic (exact) mass is 286 g/mol. The summed E-state index contributed by atoms with van der Waals surface area (Å²) in [4.78, 5) is 14.7. The molecule has 2 saturated heterocycles. The minimum Gasteiger partial charge on any atom is -0.375 e. The van der Waals surface area contributed by atoms with Gasteiger partial charge >= 0.3 is 0 Å². The molecule has 0 unspecified atom stereocenters. The molecule has 1 aliphatic carbocycles. The number of morpholine rings is 1. The van der Waals surface area contributed by atoms with Crippen LogP contribution in [0.2, 0.25) is 0 Å². The van der Waals surface area contributed by atoms with E-state index in [1.807, 2.05) is 30.3 Å². The average Bonchev–Trinajstić information content (AvgIpc) is 3.28. The molecule has 3 atom stereocenters. The van der Waals surface area contributed by atoms with Crippen LogP contribution in [0.3, 0.4) is 0 Å². The van der Waals surface area contributed by atoms with Gasteiger partial charge in [0.05, 0.1) is 12.7 Å². The van der Waals surface area contributed by atoms with E-state index >= 15 is 0 Å².